The van der Waals surface area contributed by atoms with Crippen molar-refractivity contribution < 1.29 is 4.74 Å². The van der Waals surface area contributed by atoms with Crippen LogP contribution in [0.15, 0.2) is 0 Å². The van der Waals surface area contributed by atoms with Crippen LogP contribution in [0.4, 0.5) is 0 Å². The SMILES string of the molecule is Cl[C@H]1CC[C@@H]2O[C@@H]2CC[C@@H]1Br. The molecular formula is C8H12BrClO. The lowest BCUT2D eigenvalue weighted by Gasteiger charge is -2.17. The molecule has 0 spiro atoms. The van der Waals surface area contributed by atoms with Crippen LogP contribution >= 0.6 is 27.5 Å². The fourth-order valence-electron chi connectivity index (χ4n) is 1.70. The van der Waals surface area contributed by atoms with Crippen LogP contribution < -0.4 is 0 Å². The van der Waals surface area contributed by atoms with Gasteiger partial charge >= 0.3 is 0 Å². The van der Waals surface area contributed by atoms with Gasteiger partial charge in [0, 0.05) is 10.2 Å². The topological polar surface area (TPSA) is 12.5 Å². The average Bonchev–Trinajstić information content (AvgIpc) is 2.72. The van der Waals surface area contributed by atoms with Gasteiger partial charge in [-0.3, -0.25) is 0 Å². The molecule has 0 bridgehead atoms. The first-order valence-corrected chi connectivity index (χ1v) is 5.56. The summed E-state index contributed by atoms with van der Waals surface area (Å²) in [5.41, 5.74) is 0. The number of fused-ring (bicyclic) bond motifs is 1. The van der Waals surface area contributed by atoms with E-state index >= 15 is 0 Å². The van der Waals surface area contributed by atoms with Gasteiger partial charge in [-0.1, -0.05) is 15.9 Å². The van der Waals surface area contributed by atoms with Gasteiger partial charge in [0.15, 0.2) is 0 Å². The molecule has 11 heavy (non-hydrogen) atoms. The van der Waals surface area contributed by atoms with Crippen LogP contribution in [0.1, 0.15) is 25.7 Å². The molecule has 0 aromatic heterocycles. The Morgan fingerprint density at radius 2 is 1.73 bits per heavy atom. The minimum Gasteiger partial charge on any atom is -0.370 e. The molecular weight excluding hydrogens is 227 g/mol. The number of rotatable bonds is 0. The molecule has 1 saturated heterocycles. The van der Waals surface area contributed by atoms with E-state index in [1.54, 1.807) is 0 Å². The van der Waals surface area contributed by atoms with Crippen molar-refractivity contribution in [2.24, 2.45) is 0 Å². The van der Waals surface area contributed by atoms with Gasteiger partial charge in [-0.15, -0.1) is 11.6 Å². The highest BCUT2D eigenvalue weighted by Gasteiger charge is 2.40. The molecule has 1 aliphatic heterocycles. The molecule has 64 valence electrons. The molecule has 0 aromatic rings. The summed E-state index contributed by atoms with van der Waals surface area (Å²) in [6.07, 6.45) is 5.72. The smallest absolute Gasteiger partial charge is 0.0842 e. The van der Waals surface area contributed by atoms with E-state index in [0.29, 0.717) is 22.4 Å². The second-order valence-electron chi connectivity index (χ2n) is 3.40. The summed E-state index contributed by atoms with van der Waals surface area (Å²) in [5.74, 6) is 0. The Morgan fingerprint density at radius 1 is 1.09 bits per heavy atom. The van der Waals surface area contributed by atoms with E-state index in [1.807, 2.05) is 0 Å². The molecule has 0 aromatic carbocycles. The fraction of sp³-hybridized carbons (Fsp3) is 1.00. The van der Waals surface area contributed by atoms with Gasteiger partial charge in [-0.2, -0.15) is 0 Å². The molecule has 0 N–H and O–H groups in total. The molecule has 0 radical (unpaired) electrons. The van der Waals surface area contributed by atoms with E-state index in [9.17, 15) is 0 Å². The summed E-state index contributed by atoms with van der Waals surface area (Å²) in [6.45, 7) is 0. The average molecular weight is 240 g/mol. The number of hydrogen-bond donors (Lipinski definition) is 0. The van der Waals surface area contributed by atoms with Gasteiger partial charge in [0.25, 0.3) is 0 Å². The van der Waals surface area contributed by atoms with Gasteiger partial charge in [-0.05, 0) is 25.7 Å². The van der Waals surface area contributed by atoms with Crippen molar-refractivity contribution in [2.75, 3.05) is 0 Å². The highest BCUT2D eigenvalue weighted by Crippen LogP contribution is 2.37. The van der Waals surface area contributed by atoms with Crippen LogP contribution in [0.25, 0.3) is 0 Å². The number of halogens is 2. The lowest BCUT2D eigenvalue weighted by atomic mass is 10.0. The maximum Gasteiger partial charge on any atom is 0.0842 e. The van der Waals surface area contributed by atoms with E-state index in [4.69, 9.17) is 16.3 Å². The van der Waals surface area contributed by atoms with Crippen molar-refractivity contribution in [3.63, 3.8) is 0 Å². The summed E-state index contributed by atoms with van der Waals surface area (Å²) in [7, 11) is 0. The van der Waals surface area contributed by atoms with Gasteiger partial charge in [0.1, 0.15) is 0 Å². The predicted molar refractivity (Wildman–Crippen MR) is 49.5 cm³/mol. The molecule has 2 aliphatic rings. The Hall–Kier alpha value is 0.730. The van der Waals surface area contributed by atoms with Gasteiger partial charge < -0.3 is 4.74 Å². The van der Waals surface area contributed by atoms with E-state index < -0.39 is 0 Å². The summed E-state index contributed by atoms with van der Waals surface area (Å²) in [4.78, 5) is 0.495. The second kappa shape index (κ2) is 3.23. The molecule has 1 saturated carbocycles. The molecule has 1 aliphatic carbocycles. The lowest BCUT2D eigenvalue weighted by molar-refractivity contribution is 0.358. The van der Waals surface area contributed by atoms with Gasteiger partial charge in [-0.25, -0.2) is 0 Å². The number of alkyl halides is 2. The van der Waals surface area contributed by atoms with Crippen molar-refractivity contribution in [3.8, 4) is 0 Å². The van der Waals surface area contributed by atoms with Gasteiger partial charge in [0.05, 0.1) is 12.2 Å². The molecule has 3 heteroatoms. The molecule has 0 amide bonds. The first-order valence-electron chi connectivity index (χ1n) is 4.21. The molecule has 2 rings (SSSR count). The van der Waals surface area contributed by atoms with Crippen molar-refractivity contribution in [1.82, 2.24) is 0 Å². The molecule has 2 fully saturated rings. The van der Waals surface area contributed by atoms with E-state index in [1.165, 1.54) is 6.42 Å². The second-order valence-corrected chi connectivity index (χ2v) is 5.14. The van der Waals surface area contributed by atoms with Crippen LogP contribution in [-0.4, -0.2) is 22.4 Å². The van der Waals surface area contributed by atoms with E-state index in [-0.39, 0.29) is 0 Å². The lowest BCUT2D eigenvalue weighted by Crippen LogP contribution is -2.18. The first-order chi connectivity index (χ1) is 5.27. The Bertz CT molecular complexity index is 137. The highest BCUT2D eigenvalue weighted by molar-refractivity contribution is 9.09. The quantitative estimate of drug-likeness (QED) is 0.468. The first kappa shape index (κ1) is 8.33. The van der Waals surface area contributed by atoms with Crippen LogP contribution in [0.3, 0.4) is 0 Å². The maximum absolute atomic E-state index is 6.13. The van der Waals surface area contributed by atoms with Crippen molar-refractivity contribution in [3.05, 3.63) is 0 Å². The third-order valence-corrected chi connectivity index (χ3v) is 4.46. The zero-order chi connectivity index (χ0) is 7.84. The summed E-state index contributed by atoms with van der Waals surface area (Å²) in [6, 6.07) is 0. The molecule has 4 atom stereocenters. The predicted octanol–water partition coefficient (Wildman–Crippen LogP) is 2.70. The summed E-state index contributed by atoms with van der Waals surface area (Å²) >= 11 is 9.72. The summed E-state index contributed by atoms with van der Waals surface area (Å²) in [5, 5.41) is 0.306. The largest absolute Gasteiger partial charge is 0.370 e. The number of ether oxygens (including phenoxy) is 1. The van der Waals surface area contributed by atoms with Crippen molar-refractivity contribution in [1.29, 1.82) is 0 Å². The number of epoxide rings is 1. The number of hydrogen-bond acceptors (Lipinski definition) is 1. The Balaban J connectivity index is 1.89. The summed E-state index contributed by atoms with van der Waals surface area (Å²) < 4.78 is 5.45. The maximum atomic E-state index is 6.13. The standard InChI is InChI=1S/C8H12BrClO/c9-5-1-3-7-8(11-7)4-2-6(5)10/h5-8H,1-4H2/t5-,6-,7+,8-/m0/s1. The van der Waals surface area contributed by atoms with Crippen LogP contribution in [0.5, 0.6) is 0 Å². The van der Waals surface area contributed by atoms with Crippen molar-refractivity contribution in [2.45, 2.75) is 48.1 Å². The minimum absolute atomic E-state index is 0.306. The Labute approximate surface area is 80.6 Å². The Morgan fingerprint density at radius 3 is 2.45 bits per heavy atom. The normalized spacial score (nSPS) is 50.7. The zero-order valence-electron chi connectivity index (χ0n) is 6.30. The third-order valence-electron chi connectivity index (χ3n) is 2.53. The molecule has 1 nitrogen and oxygen atoms in total. The van der Waals surface area contributed by atoms with Crippen LogP contribution in [0, 0.1) is 0 Å². The van der Waals surface area contributed by atoms with Crippen LogP contribution in [0.2, 0.25) is 0 Å². The van der Waals surface area contributed by atoms with Gasteiger partial charge in [0.2, 0.25) is 0 Å². The zero-order valence-corrected chi connectivity index (χ0v) is 8.64. The van der Waals surface area contributed by atoms with Crippen molar-refractivity contribution >= 4 is 27.5 Å². The fourth-order valence-corrected chi connectivity index (χ4v) is 2.48. The van der Waals surface area contributed by atoms with Crippen LogP contribution in [-0.2, 0) is 4.74 Å². The Kier molecular flexibility index (Phi) is 2.45. The molecule has 0 unspecified atom stereocenters. The third kappa shape index (κ3) is 1.90. The van der Waals surface area contributed by atoms with E-state index in [2.05, 4.69) is 15.9 Å². The minimum atomic E-state index is 0.306. The molecule has 1 heterocycles. The highest BCUT2D eigenvalue weighted by atomic mass is 79.9. The van der Waals surface area contributed by atoms with E-state index in [0.717, 1.165) is 19.3 Å². The monoisotopic (exact) mass is 238 g/mol.